The van der Waals surface area contributed by atoms with Gasteiger partial charge < -0.3 is 0 Å². The van der Waals surface area contributed by atoms with Crippen LogP contribution in [0.2, 0.25) is 0 Å². The maximum Gasteiger partial charge on any atom is -0.0190 e. The lowest BCUT2D eigenvalue weighted by Gasteiger charge is -2.01. The second-order valence-corrected chi connectivity index (χ2v) is 4.14. The van der Waals surface area contributed by atoms with Crippen molar-refractivity contribution >= 4 is 11.6 Å². The highest BCUT2D eigenvalue weighted by Crippen LogP contribution is 2.15. The van der Waals surface area contributed by atoms with E-state index in [1.54, 1.807) is 0 Å². The maximum absolute atomic E-state index is 4.08. The summed E-state index contributed by atoms with van der Waals surface area (Å²) in [5.41, 5.74) is 4.67. The van der Waals surface area contributed by atoms with Crippen molar-refractivity contribution in [3.05, 3.63) is 83.9 Å². The van der Waals surface area contributed by atoms with Crippen LogP contribution in [0.1, 0.15) is 16.7 Å². The fourth-order valence-electron chi connectivity index (χ4n) is 1.62. The van der Waals surface area contributed by atoms with Gasteiger partial charge in [-0.3, -0.25) is 0 Å². The van der Waals surface area contributed by atoms with Crippen LogP contribution in [0.25, 0.3) is 11.6 Å². The van der Waals surface area contributed by atoms with Gasteiger partial charge in [0, 0.05) is 0 Å². The molecule has 0 bridgehead atoms. The van der Waals surface area contributed by atoms with Gasteiger partial charge in [0.15, 0.2) is 0 Å². The lowest BCUT2D eigenvalue weighted by atomic mass is 10.0. The molecule has 17 heavy (non-hydrogen) atoms. The van der Waals surface area contributed by atoms with Gasteiger partial charge in [0.05, 0.1) is 0 Å². The standard InChI is InChI=1S/C17H16/c1-14-8-12-17(13-9-14)15(2)10-11-16-6-4-3-5-7-16/h3-13H,2H2,1H3/b11-10+. The summed E-state index contributed by atoms with van der Waals surface area (Å²) in [5.74, 6) is 0. The molecule has 0 N–H and O–H groups in total. The Bertz CT molecular complexity index is 516. The Kier molecular flexibility index (Phi) is 3.56. The van der Waals surface area contributed by atoms with Crippen molar-refractivity contribution in [2.75, 3.05) is 0 Å². The molecule has 0 amide bonds. The van der Waals surface area contributed by atoms with E-state index in [0.717, 1.165) is 5.57 Å². The number of rotatable bonds is 3. The maximum atomic E-state index is 4.08. The van der Waals surface area contributed by atoms with Crippen molar-refractivity contribution in [2.24, 2.45) is 0 Å². The van der Waals surface area contributed by atoms with Crippen LogP contribution in [0, 0.1) is 6.92 Å². The summed E-state index contributed by atoms with van der Waals surface area (Å²) in [5, 5.41) is 0. The molecular weight excluding hydrogens is 204 g/mol. The molecule has 0 aromatic heterocycles. The summed E-state index contributed by atoms with van der Waals surface area (Å²) < 4.78 is 0. The predicted molar refractivity (Wildman–Crippen MR) is 75.7 cm³/mol. The molecule has 0 heteroatoms. The molecule has 0 aliphatic heterocycles. The zero-order chi connectivity index (χ0) is 12.1. The predicted octanol–water partition coefficient (Wildman–Crippen LogP) is 4.72. The Hall–Kier alpha value is -2.08. The van der Waals surface area contributed by atoms with E-state index >= 15 is 0 Å². The average molecular weight is 220 g/mol. The monoisotopic (exact) mass is 220 g/mol. The highest BCUT2D eigenvalue weighted by Gasteiger charge is 1.94. The number of benzene rings is 2. The Labute approximate surface area is 103 Å². The Balaban J connectivity index is 2.12. The molecule has 0 aliphatic rings. The van der Waals surface area contributed by atoms with E-state index in [0.29, 0.717) is 0 Å². The van der Waals surface area contributed by atoms with Crippen LogP contribution in [-0.4, -0.2) is 0 Å². The second kappa shape index (κ2) is 5.31. The zero-order valence-corrected chi connectivity index (χ0v) is 10.1. The molecule has 0 saturated carbocycles. The van der Waals surface area contributed by atoms with Crippen molar-refractivity contribution < 1.29 is 0 Å². The molecule has 0 fully saturated rings. The van der Waals surface area contributed by atoms with E-state index in [1.807, 2.05) is 18.2 Å². The van der Waals surface area contributed by atoms with Crippen LogP contribution in [-0.2, 0) is 0 Å². The Morgan fingerprint density at radius 1 is 0.941 bits per heavy atom. The van der Waals surface area contributed by atoms with E-state index in [-0.39, 0.29) is 0 Å². The average Bonchev–Trinajstić information content (AvgIpc) is 2.38. The molecule has 0 unspecified atom stereocenters. The normalized spacial score (nSPS) is 10.6. The van der Waals surface area contributed by atoms with Crippen molar-refractivity contribution in [3.8, 4) is 0 Å². The fourth-order valence-corrected chi connectivity index (χ4v) is 1.62. The molecule has 84 valence electrons. The van der Waals surface area contributed by atoms with Crippen LogP contribution in [0.15, 0.2) is 67.3 Å². The van der Waals surface area contributed by atoms with Gasteiger partial charge in [-0.1, -0.05) is 78.9 Å². The third kappa shape index (κ3) is 3.18. The van der Waals surface area contributed by atoms with Crippen LogP contribution < -0.4 is 0 Å². The third-order valence-electron chi connectivity index (χ3n) is 2.70. The number of aryl methyl sites for hydroxylation is 1. The van der Waals surface area contributed by atoms with Crippen LogP contribution in [0.3, 0.4) is 0 Å². The van der Waals surface area contributed by atoms with Gasteiger partial charge in [0.25, 0.3) is 0 Å². The van der Waals surface area contributed by atoms with Crippen LogP contribution in [0.5, 0.6) is 0 Å². The smallest absolute Gasteiger partial charge is 0.0190 e. The summed E-state index contributed by atoms with van der Waals surface area (Å²) in [6.45, 7) is 6.17. The third-order valence-corrected chi connectivity index (χ3v) is 2.70. The molecule has 2 aromatic rings. The first-order valence-corrected chi connectivity index (χ1v) is 5.75. The molecule has 0 atom stereocenters. The quantitative estimate of drug-likeness (QED) is 0.656. The summed E-state index contributed by atoms with van der Waals surface area (Å²) in [6, 6.07) is 18.7. The van der Waals surface area contributed by atoms with Crippen molar-refractivity contribution in [1.29, 1.82) is 0 Å². The van der Waals surface area contributed by atoms with E-state index in [2.05, 4.69) is 62.1 Å². The minimum Gasteiger partial charge on any atom is -0.0912 e. The highest BCUT2D eigenvalue weighted by atomic mass is 14.0. The van der Waals surface area contributed by atoms with E-state index in [1.165, 1.54) is 16.7 Å². The van der Waals surface area contributed by atoms with Gasteiger partial charge in [-0.2, -0.15) is 0 Å². The molecule has 0 nitrogen and oxygen atoms in total. The molecule has 0 aliphatic carbocycles. The minimum atomic E-state index is 1.04. The number of allylic oxidation sites excluding steroid dienone is 2. The molecule has 0 heterocycles. The summed E-state index contributed by atoms with van der Waals surface area (Å²) in [6.07, 6.45) is 4.14. The van der Waals surface area contributed by atoms with E-state index < -0.39 is 0 Å². The van der Waals surface area contributed by atoms with E-state index in [9.17, 15) is 0 Å². The van der Waals surface area contributed by atoms with Crippen LogP contribution in [0.4, 0.5) is 0 Å². The minimum absolute atomic E-state index is 1.04. The van der Waals surface area contributed by atoms with Gasteiger partial charge in [0.2, 0.25) is 0 Å². The zero-order valence-electron chi connectivity index (χ0n) is 10.1. The summed E-state index contributed by atoms with van der Waals surface area (Å²) >= 11 is 0. The molecule has 0 spiro atoms. The van der Waals surface area contributed by atoms with E-state index in [4.69, 9.17) is 0 Å². The first-order chi connectivity index (χ1) is 8.25. The van der Waals surface area contributed by atoms with Gasteiger partial charge in [0.1, 0.15) is 0 Å². The lowest BCUT2D eigenvalue weighted by molar-refractivity contribution is 1.46. The molecule has 0 saturated heterocycles. The van der Waals surface area contributed by atoms with Crippen molar-refractivity contribution in [3.63, 3.8) is 0 Å². The number of hydrogen-bond donors (Lipinski definition) is 0. The molecule has 2 rings (SSSR count). The van der Waals surface area contributed by atoms with Crippen molar-refractivity contribution in [2.45, 2.75) is 6.92 Å². The molecule has 0 radical (unpaired) electrons. The first-order valence-electron chi connectivity index (χ1n) is 5.75. The fraction of sp³-hybridized carbons (Fsp3) is 0.0588. The van der Waals surface area contributed by atoms with Gasteiger partial charge in [-0.15, -0.1) is 0 Å². The SMILES string of the molecule is C=C(/C=C/c1ccccc1)c1ccc(C)cc1. The van der Waals surface area contributed by atoms with Gasteiger partial charge >= 0.3 is 0 Å². The summed E-state index contributed by atoms with van der Waals surface area (Å²) in [4.78, 5) is 0. The Morgan fingerprint density at radius 3 is 2.24 bits per heavy atom. The van der Waals surface area contributed by atoms with Crippen LogP contribution >= 0.6 is 0 Å². The molecule has 2 aromatic carbocycles. The summed E-state index contributed by atoms with van der Waals surface area (Å²) in [7, 11) is 0. The number of hydrogen-bond acceptors (Lipinski definition) is 0. The second-order valence-electron chi connectivity index (χ2n) is 4.14. The topological polar surface area (TPSA) is 0 Å². The largest absolute Gasteiger partial charge is 0.0912 e. The Morgan fingerprint density at radius 2 is 1.59 bits per heavy atom. The van der Waals surface area contributed by atoms with Crippen molar-refractivity contribution in [1.82, 2.24) is 0 Å². The first kappa shape index (κ1) is 11.4. The highest BCUT2D eigenvalue weighted by molar-refractivity contribution is 5.77. The van der Waals surface area contributed by atoms with Gasteiger partial charge in [-0.25, -0.2) is 0 Å². The molecular formula is C17H16. The lowest BCUT2D eigenvalue weighted by Crippen LogP contribution is -1.79. The van der Waals surface area contributed by atoms with Gasteiger partial charge in [-0.05, 0) is 23.6 Å².